The van der Waals surface area contributed by atoms with Gasteiger partial charge in [0.1, 0.15) is 12.1 Å². The van der Waals surface area contributed by atoms with Gasteiger partial charge in [0.2, 0.25) is 11.8 Å². The van der Waals surface area contributed by atoms with Crippen LogP contribution in [0.5, 0.6) is 0 Å². The van der Waals surface area contributed by atoms with Crippen LogP contribution in [-0.4, -0.2) is 76.7 Å². The molecule has 3 heterocycles. The molecule has 0 unspecified atom stereocenters. The quantitative estimate of drug-likeness (QED) is 0.727. The van der Waals surface area contributed by atoms with Crippen LogP contribution in [-0.2, 0) is 14.4 Å². The monoisotopic (exact) mass is 376 g/mol. The van der Waals surface area contributed by atoms with Crippen molar-refractivity contribution in [3.05, 3.63) is 0 Å². The van der Waals surface area contributed by atoms with E-state index < -0.39 is 22.9 Å². The summed E-state index contributed by atoms with van der Waals surface area (Å²) in [4.78, 5) is 54.8. The summed E-state index contributed by atoms with van der Waals surface area (Å²) in [5.74, 6) is 0.273. The van der Waals surface area contributed by atoms with E-state index in [9.17, 15) is 19.2 Å². The highest BCUT2D eigenvalue weighted by Gasteiger charge is 2.51. The molecule has 1 saturated carbocycles. The van der Waals surface area contributed by atoms with E-state index in [1.165, 1.54) is 17.7 Å². The third kappa shape index (κ3) is 3.08. The van der Waals surface area contributed by atoms with E-state index in [0.29, 0.717) is 25.4 Å². The first-order chi connectivity index (χ1) is 12.7. The van der Waals surface area contributed by atoms with Gasteiger partial charge < -0.3 is 14.7 Å². The molecule has 3 saturated heterocycles. The van der Waals surface area contributed by atoms with Crippen molar-refractivity contribution in [3.8, 4) is 0 Å². The van der Waals surface area contributed by atoms with E-state index in [-0.39, 0.29) is 18.4 Å². The van der Waals surface area contributed by atoms with Crippen molar-refractivity contribution >= 4 is 23.8 Å². The van der Waals surface area contributed by atoms with Crippen molar-refractivity contribution < 1.29 is 19.2 Å². The molecule has 8 heteroatoms. The number of nitrogens with zero attached hydrogens (tertiary/aromatic N) is 3. The predicted octanol–water partition coefficient (Wildman–Crippen LogP) is 0.568. The van der Waals surface area contributed by atoms with Gasteiger partial charge in [0, 0.05) is 26.2 Å². The van der Waals surface area contributed by atoms with E-state index in [0.717, 1.165) is 25.9 Å². The standard InChI is InChI=1S/C19H28N4O4/c1-18(2)15(25)20-17(27)23(18)11-14(24)22-9-7-19(12-22)6-3-8-21(16(19)26)10-13-4-5-13/h13H,3-12H2,1-2H3,(H,20,25,27)/t19-/m0/s1. The second-order valence-electron chi connectivity index (χ2n) is 9.05. The summed E-state index contributed by atoms with van der Waals surface area (Å²) in [7, 11) is 0. The van der Waals surface area contributed by atoms with Crippen LogP contribution in [0.25, 0.3) is 0 Å². The highest BCUT2D eigenvalue weighted by Crippen LogP contribution is 2.41. The van der Waals surface area contributed by atoms with Crippen molar-refractivity contribution in [2.24, 2.45) is 11.3 Å². The number of nitrogens with one attached hydrogen (secondary N) is 1. The number of carbonyl (C=O) groups excluding carboxylic acids is 4. The number of urea groups is 1. The van der Waals surface area contributed by atoms with Crippen LogP contribution in [0.1, 0.15) is 46.0 Å². The summed E-state index contributed by atoms with van der Waals surface area (Å²) in [5, 5.41) is 2.26. The Morgan fingerprint density at radius 2 is 1.89 bits per heavy atom. The van der Waals surface area contributed by atoms with Crippen molar-refractivity contribution in [2.45, 2.75) is 51.5 Å². The Morgan fingerprint density at radius 3 is 2.52 bits per heavy atom. The van der Waals surface area contributed by atoms with Gasteiger partial charge in [0.25, 0.3) is 5.91 Å². The first kappa shape index (κ1) is 18.3. The van der Waals surface area contributed by atoms with E-state index in [2.05, 4.69) is 5.32 Å². The largest absolute Gasteiger partial charge is 0.342 e. The average molecular weight is 376 g/mol. The van der Waals surface area contributed by atoms with Gasteiger partial charge in [0.15, 0.2) is 0 Å². The van der Waals surface area contributed by atoms with Gasteiger partial charge in [-0.05, 0) is 51.9 Å². The Balaban J connectivity index is 1.41. The molecule has 0 radical (unpaired) electrons. The summed E-state index contributed by atoms with van der Waals surface area (Å²) >= 11 is 0. The minimum absolute atomic E-state index is 0.138. The van der Waals surface area contributed by atoms with Crippen LogP contribution in [0.4, 0.5) is 4.79 Å². The van der Waals surface area contributed by atoms with Gasteiger partial charge in [-0.1, -0.05) is 0 Å². The molecule has 27 heavy (non-hydrogen) atoms. The number of carbonyl (C=O) groups is 4. The average Bonchev–Trinajstić information content (AvgIpc) is 3.29. The third-order valence-electron chi connectivity index (χ3n) is 6.70. The second-order valence-corrected chi connectivity index (χ2v) is 9.05. The zero-order chi connectivity index (χ0) is 19.4. The molecule has 0 aromatic heterocycles. The molecule has 4 aliphatic rings. The molecule has 1 atom stereocenters. The molecular formula is C19H28N4O4. The van der Waals surface area contributed by atoms with Gasteiger partial charge in [-0.3, -0.25) is 19.7 Å². The lowest BCUT2D eigenvalue weighted by molar-refractivity contribution is -0.146. The van der Waals surface area contributed by atoms with Crippen molar-refractivity contribution in [1.82, 2.24) is 20.0 Å². The number of amides is 5. The number of likely N-dealkylation sites (tertiary alicyclic amines) is 2. The van der Waals surface area contributed by atoms with E-state index in [4.69, 9.17) is 0 Å². The molecule has 5 amide bonds. The van der Waals surface area contributed by atoms with E-state index in [1.807, 2.05) is 4.90 Å². The smallest absolute Gasteiger partial charge is 0.325 e. The van der Waals surface area contributed by atoms with Crippen LogP contribution < -0.4 is 5.32 Å². The second kappa shape index (κ2) is 6.21. The number of hydrogen-bond acceptors (Lipinski definition) is 4. The van der Waals surface area contributed by atoms with Crippen LogP contribution in [0.15, 0.2) is 0 Å². The van der Waals surface area contributed by atoms with Gasteiger partial charge in [-0.15, -0.1) is 0 Å². The molecule has 8 nitrogen and oxygen atoms in total. The summed E-state index contributed by atoms with van der Waals surface area (Å²) in [6.07, 6.45) is 4.93. The van der Waals surface area contributed by atoms with Gasteiger partial charge in [0.05, 0.1) is 5.41 Å². The topological polar surface area (TPSA) is 90.0 Å². The van der Waals surface area contributed by atoms with Gasteiger partial charge >= 0.3 is 6.03 Å². The molecule has 4 rings (SSSR count). The molecule has 0 aromatic rings. The fraction of sp³-hybridized carbons (Fsp3) is 0.789. The molecule has 3 aliphatic heterocycles. The zero-order valence-electron chi connectivity index (χ0n) is 16.1. The lowest BCUT2D eigenvalue weighted by atomic mass is 9.78. The molecular weight excluding hydrogens is 348 g/mol. The van der Waals surface area contributed by atoms with Gasteiger partial charge in [-0.2, -0.15) is 0 Å². The van der Waals surface area contributed by atoms with Gasteiger partial charge in [-0.25, -0.2) is 4.79 Å². The normalized spacial score (nSPS) is 30.4. The van der Waals surface area contributed by atoms with Crippen molar-refractivity contribution in [3.63, 3.8) is 0 Å². The SMILES string of the molecule is CC1(C)C(=O)NC(=O)N1CC(=O)N1CC[C@@]2(CCCN(CC3CC3)C2=O)C1. The highest BCUT2D eigenvalue weighted by atomic mass is 16.2. The van der Waals surface area contributed by atoms with Crippen LogP contribution in [0, 0.1) is 11.3 Å². The summed E-state index contributed by atoms with van der Waals surface area (Å²) < 4.78 is 0. The predicted molar refractivity (Wildman–Crippen MR) is 96.5 cm³/mol. The number of piperidine rings is 1. The lowest BCUT2D eigenvalue weighted by Gasteiger charge is -2.39. The Morgan fingerprint density at radius 1 is 1.15 bits per heavy atom. The van der Waals surface area contributed by atoms with Crippen molar-refractivity contribution in [1.29, 1.82) is 0 Å². The Labute approximate surface area is 159 Å². The Bertz CT molecular complexity index is 702. The van der Waals surface area contributed by atoms with Crippen LogP contribution in [0.3, 0.4) is 0 Å². The minimum atomic E-state index is -1.04. The summed E-state index contributed by atoms with van der Waals surface area (Å²) in [6, 6.07) is -0.531. The van der Waals surface area contributed by atoms with Crippen LogP contribution >= 0.6 is 0 Å². The third-order valence-corrected chi connectivity index (χ3v) is 6.70. The number of imide groups is 1. The zero-order valence-corrected chi connectivity index (χ0v) is 16.1. The maximum atomic E-state index is 13.1. The maximum Gasteiger partial charge on any atom is 0.325 e. The maximum absolute atomic E-state index is 13.1. The molecule has 1 aliphatic carbocycles. The molecule has 148 valence electrons. The summed E-state index contributed by atoms with van der Waals surface area (Å²) in [6.45, 7) is 5.77. The van der Waals surface area contributed by atoms with Crippen LogP contribution in [0.2, 0.25) is 0 Å². The summed E-state index contributed by atoms with van der Waals surface area (Å²) in [5.41, 5.74) is -1.49. The fourth-order valence-electron chi connectivity index (χ4n) is 4.60. The molecule has 1 N–H and O–H groups in total. The lowest BCUT2D eigenvalue weighted by Crippen LogP contribution is -2.52. The van der Waals surface area contributed by atoms with E-state index in [1.54, 1.807) is 18.7 Å². The molecule has 0 bridgehead atoms. The fourth-order valence-corrected chi connectivity index (χ4v) is 4.60. The Kier molecular flexibility index (Phi) is 4.20. The number of rotatable bonds is 4. The first-order valence-corrected chi connectivity index (χ1v) is 9.93. The minimum Gasteiger partial charge on any atom is -0.342 e. The molecule has 1 spiro atoms. The highest BCUT2D eigenvalue weighted by molar-refractivity contribution is 6.07. The molecule has 4 fully saturated rings. The van der Waals surface area contributed by atoms with E-state index >= 15 is 0 Å². The van der Waals surface area contributed by atoms with Crippen molar-refractivity contribution in [2.75, 3.05) is 32.7 Å². The Hall–Kier alpha value is -2.12. The first-order valence-electron chi connectivity index (χ1n) is 9.93. The molecule has 0 aromatic carbocycles. The number of hydrogen-bond donors (Lipinski definition) is 1.